The molecule has 2 amide bonds. The number of hydrogen-bond acceptors (Lipinski definition) is 3. The molecular formula is C17H17BrN2O3. The average Bonchev–Trinajstić information content (AvgIpc) is 2.54. The second kappa shape index (κ2) is 7.28. The number of primary amides is 1. The van der Waals surface area contributed by atoms with Crippen LogP contribution in [0.25, 0.3) is 0 Å². The second-order valence-corrected chi connectivity index (χ2v) is 5.97. The van der Waals surface area contributed by atoms with E-state index in [4.69, 9.17) is 10.5 Å². The Hall–Kier alpha value is -2.34. The number of hydrogen-bond donors (Lipinski definition) is 1. The van der Waals surface area contributed by atoms with Gasteiger partial charge in [0.1, 0.15) is 5.75 Å². The summed E-state index contributed by atoms with van der Waals surface area (Å²) in [6, 6.07) is 11.9. The largest absolute Gasteiger partial charge is 0.496 e. The van der Waals surface area contributed by atoms with Crippen LogP contribution in [0.3, 0.4) is 0 Å². The van der Waals surface area contributed by atoms with E-state index in [9.17, 15) is 9.59 Å². The van der Waals surface area contributed by atoms with Crippen molar-refractivity contribution in [1.82, 2.24) is 4.90 Å². The number of benzene rings is 2. The van der Waals surface area contributed by atoms with Gasteiger partial charge in [-0.3, -0.25) is 9.59 Å². The molecule has 0 aliphatic carbocycles. The van der Waals surface area contributed by atoms with Gasteiger partial charge in [-0.15, -0.1) is 0 Å². The van der Waals surface area contributed by atoms with Gasteiger partial charge in [-0.05, 0) is 42.5 Å². The number of rotatable bonds is 5. The molecule has 0 bridgehead atoms. The van der Waals surface area contributed by atoms with Gasteiger partial charge >= 0.3 is 0 Å². The topological polar surface area (TPSA) is 72.6 Å². The average molecular weight is 377 g/mol. The lowest BCUT2D eigenvalue weighted by Crippen LogP contribution is -2.26. The van der Waals surface area contributed by atoms with Crippen molar-refractivity contribution in [3.8, 4) is 5.75 Å². The minimum atomic E-state index is -0.517. The van der Waals surface area contributed by atoms with Gasteiger partial charge in [-0.25, -0.2) is 0 Å². The molecule has 0 radical (unpaired) electrons. The normalized spacial score (nSPS) is 10.2. The molecular weight excluding hydrogens is 360 g/mol. The van der Waals surface area contributed by atoms with Crippen LogP contribution in [0.5, 0.6) is 5.75 Å². The molecule has 2 aromatic rings. The van der Waals surface area contributed by atoms with Crippen molar-refractivity contribution in [2.45, 2.75) is 6.54 Å². The predicted octanol–water partition coefficient (Wildman–Crippen LogP) is 2.83. The van der Waals surface area contributed by atoms with Gasteiger partial charge in [0.25, 0.3) is 5.91 Å². The van der Waals surface area contributed by atoms with Crippen LogP contribution >= 0.6 is 15.9 Å². The molecule has 23 heavy (non-hydrogen) atoms. The first-order valence-corrected chi connectivity index (χ1v) is 7.69. The van der Waals surface area contributed by atoms with Crippen LogP contribution in [0.15, 0.2) is 46.9 Å². The smallest absolute Gasteiger partial charge is 0.253 e. The number of carbonyl (C=O) groups excluding carboxylic acids is 2. The molecule has 0 aliphatic heterocycles. The molecule has 0 saturated heterocycles. The third kappa shape index (κ3) is 4.10. The zero-order valence-electron chi connectivity index (χ0n) is 12.9. The molecule has 0 atom stereocenters. The minimum absolute atomic E-state index is 0.150. The molecule has 0 fully saturated rings. The standard InChI is InChI=1S/C17H17BrN2O3/c1-20(10-13-9-14(18)7-8-15(13)23-2)17(22)12-5-3-11(4-6-12)16(19)21/h3-9H,10H2,1-2H3,(H2,19,21). The summed E-state index contributed by atoms with van der Waals surface area (Å²) in [6.45, 7) is 0.402. The van der Waals surface area contributed by atoms with E-state index in [2.05, 4.69) is 15.9 Å². The number of carbonyl (C=O) groups is 2. The van der Waals surface area contributed by atoms with E-state index in [0.717, 1.165) is 15.8 Å². The van der Waals surface area contributed by atoms with Crippen molar-refractivity contribution in [1.29, 1.82) is 0 Å². The van der Waals surface area contributed by atoms with Gasteiger partial charge in [0.15, 0.2) is 0 Å². The van der Waals surface area contributed by atoms with Gasteiger partial charge in [0, 0.05) is 34.8 Å². The summed E-state index contributed by atoms with van der Waals surface area (Å²) in [4.78, 5) is 25.1. The van der Waals surface area contributed by atoms with Crippen LogP contribution in [-0.4, -0.2) is 30.9 Å². The van der Waals surface area contributed by atoms with Gasteiger partial charge in [0.2, 0.25) is 5.91 Å². The number of methoxy groups -OCH3 is 1. The zero-order valence-corrected chi connectivity index (χ0v) is 14.5. The lowest BCUT2D eigenvalue weighted by atomic mass is 10.1. The molecule has 120 valence electrons. The Bertz CT molecular complexity index is 729. The van der Waals surface area contributed by atoms with Crippen LogP contribution in [0, 0.1) is 0 Å². The van der Waals surface area contributed by atoms with E-state index in [1.807, 2.05) is 18.2 Å². The van der Waals surface area contributed by atoms with Gasteiger partial charge < -0.3 is 15.4 Å². The highest BCUT2D eigenvalue weighted by Gasteiger charge is 2.15. The number of amides is 2. The van der Waals surface area contributed by atoms with Crippen LogP contribution in [0.4, 0.5) is 0 Å². The fraction of sp³-hybridized carbons (Fsp3) is 0.176. The maximum absolute atomic E-state index is 12.5. The molecule has 0 saturated carbocycles. The lowest BCUT2D eigenvalue weighted by molar-refractivity contribution is 0.0783. The summed E-state index contributed by atoms with van der Waals surface area (Å²) >= 11 is 3.42. The molecule has 6 heteroatoms. The fourth-order valence-corrected chi connectivity index (χ4v) is 2.60. The lowest BCUT2D eigenvalue weighted by Gasteiger charge is -2.19. The fourth-order valence-electron chi connectivity index (χ4n) is 2.20. The Morgan fingerprint density at radius 1 is 1.13 bits per heavy atom. The van der Waals surface area contributed by atoms with E-state index in [1.54, 1.807) is 43.3 Å². The van der Waals surface area contributed by atoms with Gasteiger partial charge in [-0.2, -0.15) is 0 Å². The van der Waals surface area contributed by atoms with Crippen molar-refractivity contribution in [2.24, 2.45) is 5.73 Å². The van der Waals surface area contributed by atoms with Gasteiger partial charge in [-0.1, -0.05) is 15.9 Å². The predicted molar refractivity (Wildman–Crippen MR) is 91.5 cm³/mol. The Morgan fingerprint density at radius 2 is 1.74 bits per heavy atom. The number of halogens is 1. The van der Waals surface area contributed by atoms with E-state index < -0.39 is 5.91 Å². The molecule has 0 heterocycles. The van der Waals surface area contributed by atoms with E-state index >= 15 is 0 Å². The summed E-state index contributed by atoms with van der Waals surface area (Å²) in [5.41, 5.74) is 6.96. The molecule has 2 N–H and O–H groups in total. The summed E-state index contributed by atoms with van der Waals surface area (Å²) in [7, 11) is 3.31. The first-order chi connectivity index (χ1) is 10.9. The number of nitrogens with two attached hydrogens (primary N) is 1. The van der Waals surface area contributed by atoms with Crippen LogP contribution in [-0.2, 0) is 6.54 Å². The monoisotopic (exact) mass is 376 g/mol. The van der Waals surface area contributed by atoms with Crippen molar-refractivity contribution >= 4 is 27.7 Å². The second-order valence-electron chi connectivity index (χ2n) is 5.06. The maximum Gasteiger partial charge on any atom is 0.253 e. The SMILES string of the molecule is COc1ccc(Br)cc1CN(C)C(=O)c1ccc(C(N)=O)cc1. The van der Waals surface area contributed by atoms with Crippen molar-refractivity contribution in [3.63, 3.8) is 0 Å². The Morgan fingerprint density at radius 3 is 2.30 bits per heavy atom. The number of ether oxygens (including phenoxy) is 1. The van der Waals surface area contributed by atoms with Gasteiger partial charge in [0.05, 0.1) is 7.11 Å². The Kier molecular flexibility index (Phi) is 5.39. The Balaban J connectivity index is 2.17. The molecule has 2 rings (SSSR count). The maximum atomic E-state index is 12.5. The first kappa shape index (κ1) is 17.0. The summed E-state index contributed by atoms with van der Waals surface area (Å²) in [6.07, 6.45) is 0. The van der Waals surface area contributed by atoms with E-state index in [1.165, 1.54) is 0 Å². The number of nitrogens with zero attached hydrogens (tertiary/aromatic N) is 1. The quantitative estimate of drug-likeness (QED) is 0.871. The molecule has 0 spiro atoms. The van der Waals surface area contributed by atoms with Crippen molar-refractivity contribution in [3.05, 3.63) is 63.6 Å². The third-order valence-corrected chi connectivity index (χ3v) is 3.91. The first-order valence-electron chi connectivity index (χ1n) is 6.90. The molecule has 0 aromatic heterocycles. The molecule has 2 aromatic carbocycles. The van der Waals surface area contributed by atoms with Crippen molar-refractivity contribution in [2.75, 3.05) is 14.2 Å². The summed E-state index contributed by atoms with van der Waals surface area (Å²) < 4.78 is 6.24. The van der Waals surface area contributed by atoms with Crippen LogP contribution < -0.4 is 10.5 Å². The molecule has 0 unspecified atom stereocenters. The summed E-state index contributed by atoms with van der Waals surface area (Å²) in [5, 5.41) is 0. The van der Waals surface area contributed by atoms with E-state index in [0.29, 0.717) is 17.7 Å². The highest BCUT2D eigenvalue weighted by molar-refractivity contribution is 9.10. The Labute approximate surface area is 143 Å². The van der Waals surface area contributed by atoms with E-state index in [-0.39, 0.29) is 5.91 Å². The molecule has 0 aliphatic rings. The van der Waals surface area contributed by atoms with Crippen molar-refractivity contribution < 1.29 is 14.3 Å². The third-order valence-electron chi connectivity index (χ3n) is 3.41. The summed E-state index contributed by atoms with van der Waals surface area (Å²) in [5.74, 6) is 0.0520. The van der Waals surface area contributed by atoms with Crippen LogP contribution in [0.2, 0.25) is 0 Å². The minimum Gasteiger partial charge on any atom is -0.496 e. The van der Waals surface area contributed by atoms with Crippen LogP contribution in [0.1, 0.15) is 26.3 Å². The highest BCUT2D eigenvalue weighted by atomic mass is 79.9. The molecule has 5 nitrogen and oxygen atoms in total. The highest BCUT2D eigenvalue weighted by Crippen LogP contribution is 2.24. The zero-order chi connectivity index (χ0) is 17.0.